The smallest absolute Gasteiger partial charge is 0.0964 e. The van der Waals surface area contributed by atoms with Crippen molar-refractivity contribution >= 4 is 15.9 Å². The summed E-state index contributed by atoms with van der Waals surface area (Å²) in [6, 6.07) is 8.12. The summed E-state index contributed by atoms with van der Waals surface area (Å²) in [4.78, 5) is 0. The lowest BCUT2D eigenvalue weighted by Gasteiger charge is -2.04. The molecule has 0 atom stereocenters. The van der Waals surface area contributed by atoms with Crippen LogP contribution in [0, 0.1) is 0 Å². The average molecular weight is 325 g/mol. The quantitative estimate of drug-likeness (QED) is 0.791. The first-order valence-corrected chi connectivity index (χ1v) is 6.93. The SMILES string of the molecule is CNCc1cn(CCOCc2ccc(Br)cc2)nn1. The van der Waals surface area contributed by atoms with Crippen LogP contribution < -0.4 is 5.32 Å². The van der Waals surface area contributed by atoms with Gasteiger partial charge in [0.15, 0.2) is 0 Å². The van der Waals surface area contributed by atoms with Gasteiger partial charge in [0.25, 0.3) is 0 Å². The fraction of sp³-hybridized carbons (Fsp3) is 0.385. The molecule has 1 N–H and O–H groups in total. The second-order valence-electron chi connectivity index (χ2n) is 4.18. The van der Waals surface area contributed by atoms with Crippen molar-refractivity contribution in [2.24, 2.45) is 0 Å². The van der Waals surface area contributed by atoms with Gasteiger partial charge in [0.2, 0.25) is 0 Å². The van der Waals surface area contributed by atoms with Crippen LogP contribution in [0.5, 0.6) is 0 Å². The molecule has 2 aromatic rings. The summed E-state index contributed by atoms with van der Waals surface area (Å²) < 4.78 is 8.49. The van der Waals surface area contributed by atoms with Crippen molar-refractivity contribution in [3.63, 3.8) is 0 Å². The molecular formula is C13H17BrN4O. The van der Waals surface area contributed by atoms with Crippen molar-refractivity contribution in [3.05, 3.63) is 46.2 Å². The Morgan fingerprint density at radius 1 is 1.32 bits per heavy atom. The lowest BCUT2D eigenvalue weighted by atomic mass is 10.2. The van der Waals surface area contributed by atoms with Gasteiger partial charge < -0.3 is 10.1 Å². The maximum atomic E-state index is 5.61. The second kappa shape index (κ2) is 7.37. The van der Waals surface area contributed by atoms with Gasteiger partial charge in [-0.2, -0.15) is 0 Å². The van der Waals surface area contributed by atoms with Crippen LogP contribution in [-0.4, -0.2) is 28.6 Å². The maximum absolute atomic E-state index is 5.61. The van der Waals surface area contributed by atoms with Gasteiger partial charge in [0.1, 0.15) is 0 Å². The van der Waals surface area contributed by atoms with Gasteiger partial charge in [-0.05, 0) is 24.7 Å². The molecule has 0 spiro atoms. The molecule has 19 heavy (non-hydrogen) atoms. The van der Waals surface area contributed by atoms with Crippen molar-refractivity contribution < 1.29 is 4.74 Å². The minimum atomic E-state index is 0.616. The molecule has 1 aromatic carbocycles. The van der Waals surface area contributed by atoms with E-state index in [1.165, 1.54) is 0 Å². The van der Waals surface area contributed by atoms with Crippen molar-refractivity contribution in [1.29, 1.82) is 0 Å². The molecule has 1 aromatic heterocycles. The van der Waals surface area contributed by atoms with Crippen LogP contribution in [0.25, 0.3) is 0 Å². The summed E-state index contributed by atoms with van der Waals surface area (Å²) in [5.74, 6) is 0. The van der Waals surface area contributed by atoms with E-state index in [4.69, 9.17) is 4.74 Å². The van der Waals surface area contributed by atoms with E-state index in [2.05, 4.69) is 31.6 Å². The van der Waals surface area contributed by atoms with Gasteiger partial charge in [-0.25, -0.2) is 4.68 Å². The van der Waals surface area contributed by atoms with Crippen LogP contribution in [-0.2, 0) is 24.4 Å². The number of nitrogens with one attached hydrogen (secondary N) is 1. The Kier molecular flexibility index (Phi) is 5.50. The van der Waals surface area contributed by atoms with E-state index >= 15 is 0 Å². The molecule has 0 saturated carbocycles. The van der Waals surface area contributed by atoms with Gasteiger partial charge >= 0.3 is 0 Å². The number of rotatable bonds is 7. The van der Waals surface area contributed by atoms with Crippen molar-refractivity contribution in [3.8, 4) is 0 Å². The number of hydrogen-bond acceptors (Lipinski definition) is 4. The fourth-order valence-corrected chi connectivity index (χ4v) is 1.90. The molecule has 0 radical (unpaired) electrons. The summed E-state index contributed by atoms with van der Waals surface area (Å²) >= 11 is 3.41. The van der Waals surface area contributed by atoms with E-state index in [9.17, 15) is 0 Å². The van der Waals surface area contributed by atoms with Crippen LogP contribution in [0.4, 0.5) is 0 Å². The Labute approximate surface area is 121 Å². The summed E-state index contributed by atoms with van der Waals surface area (Å²) in [6.07, 6.45) is 1.93. The van der Waals surface area contributed by atoms with Crippen molar-refractivity contribution in [1.82, 2.24) is 20.3 Å². The van der Waals surface area contributed by atoms with Gasteiger partial charge in [0, 0.05) is 17.2 Å². The standard InChI is InChI=1S/C13H17BrN4O/c1-15-8-13-9-18(17-16-13)6-7-19-10-11-2-4-12(14)5-3-11/h2-5,9,15H,6-8,10H2,1H3. The van der Waals surface area contributed by atoms with Crippen LogP contribution in [0.3, 0.4) is 0 Å². The molecule has 0 aliphatic heterocycles. The topological polar surface area (TPSA) is 52.0 Å². The summed E-state index contributed by atoms with van der Waals surface area (Å²) in [7, 11) is 1.89. The summed E-state index contributed by atoms with van der Waals surface area (Å²) in [5, 5.41) is 11.1. The second-order valence-corrected chi connectivity index (χ2v) is 5.10. The zero-order valence-corrected chi connectivity index (χ0v) is 12.4. The molecule has 5 nitrogen and oxygen atoms in total. The highest BCUT2D eigenvalue weighted by atomic mass is 79.9. The molecule has 0 aliphatic rings. The molecule has 0 amide bonds. The molecule has 0 unspecified atom stereocenters. The average Bonchev–Trinajstić information content (AvgIpc) is 2.85. The summed E-state index contributed by atoms with van der Waals surface area (Å²) in [5.41, 5.74) is 2.10. The van der Waals surface area contributed by atoms with Gasteiger partial charge in [-0.15, -0.1) is 5.10 Å². The largest absolute Gasteiger partial charge is 0.375 e. The van der Waals surface area contributed by atoms with E-state index in [0.29, 0.717) is 19.8 Å². The van der Waals surface area contributed by atoms with E-state index in [-0.39, 0.29) is 0 Å². The Balaban J connectivity index is 1.69. The molecule has 0 bridgehead atoms. The Morgan fingerprint density at radius 3 is 2.84 bits per heavy atom. The highest BCUT2D eigenvalue weighted by Gasteiger charge is 1.99. The Bertz CT molecular complexity index is 498. The minimum absolute atomic E-state index is 0.616. The van der Waals surface area contributed by atoms with Gasteiger partial charge in [-0.3, -0.25) is 0 Å². The summed E-state index contributed by atoms with van der Waals surface area (Å²) in [6.45, 7) is 2.69. The molecule has 102 valence electrons. The number of hydrogen-bond donors (Lipinski definition) is 1. The lowest BCUT2D eigenvalue weighted by Crippen LogP contribution is -2.07. The number of benzene rings is 1. The molecular weight excluding hydrogens is 308 g/mol. The third-order valence-corrected chi connectivity index (χ3v) is 3.12. The Hall–Kier alpha value is -1.24. The van der Waals surface area contributed by atoms with E-state index in [1.807, 2.05) is 37.5 Å². The third-order valence-electron chi connectivity index (χ3n) is 2.59. The molecule has 6 heteroatoms. The predicted octanol–water partition coefficient (Wildman–Crippen LogP) is 1.98. The van der Waals surface area contributed by atoms with E-state index in [1.54, 1.807) is 4.68 Å². The first kappa shape index (κ1) is 14.2. The Morgan fingerprint density at radius 2 is 2.11 bits per heavy atom. The van der Waals surface area contributed by atoms with Crippen molar-refractivity contribution in [2.75, 3.05) is 13.7 Å². The first-order valence-electron chi connectivity index (χ1n) is 6.14. The molecule has 1 heterocycles. The highest BCUT2D eigenvalue weighted by Crippen LogP contribution is 2.11. The molecule has 0 fully saturated rings. The normalized spacial score (nSPS) is 10.8. The van der Waals surface area contributed by atoms with Crippen LogP contribution >= 0.6 is 15.9 Å². The fourth-order valence-electron chi connectivity index (χ4n) is 1.64. The zero-order chi connectivity index (χ0) is 13.5. The number of aromatic nitrogens is 3. The van der Waals surface area contributed by atoms with Crippen molar-refractivity contribution in [2.45, 2.75) is 19.7 Å². The first-order chi connectivity index (χ1) is 9.28. The zero-order valence-electron chi connectivity index (χ0n) is 10.8. The third kappa shape index (κ3) is 4.74. The van der Waals surface area contributed by atoms with Crippen LogP contribution in [0.1, 0.15) is 11.3 Å². The van der Waals surface area contributed by atoms with E-state index in [0.717, 1.165) is 22.3 Å². The highest BCUT2D eigenvalue weighted by molar-refractivity contribution is 9.10. The minimum Gasteiger partial charge on any atom is -0.375 e. The molecule has 0 saturated heterocycles. The molecule has 0 aliphatic carbocycles. The maximum Gasteiger partial charge on any atom is 0.0964 e. The number of nitrogens with zero attached hydrogens (tertiary/aromatic N) is 3. The van der Waals surface area contributed by atoms with Gasteiger partial charge in [0.05, 0.1) is 25.5 Å². The predicted molar refractivity (Wildman–Crippen MR) is 76.6 cm³/mol. The van der Waals surface area contributed by atoms with Crippen LogP contribution in [0.15, 0.2) is 34.9 Å². The number of ether oxygens (including phenoxy) is 1. The van der Waals surface area contributed by atoms with Gasteiger partial charge in [-0.1, -0.05) is 33.3 Å². The van der Waals surface area contributed by atoms with E-state index < -0.39 is 0 Å². The lowest BCUT2D eigenvalue weighted by molar-refractivity contribution is 0.110. The van der Waals surface area contributed by atoms with Crippen LogP contribution in [0.2, 0.25) is 0 Å². The monoisotopic (exact) mass is 324 g/mol. The molecule has 2 rings (SSSR count). The number of halogens is 1.